The summed E-state index contributed by atoms with van der Waals surface area (Å²) in [5.74, 6) is 1.39. The number of benzene rings is 3. The van der Waals surface area contributed by atoms with Gasteiger partial charge in [-0.1, -0.05) is 13.3 Å². The summed E-state index contributed by atoms with van der Waals surface area (Å²) in [4.78, 5) is 45.1. The van der Waals surface area contributed by atoms with E-state index in [1.807, 2.05) is 74.4 Å². The number of rotatable bonds is 19. The number of hydrogen-bond acceptors (Lipinski definition) is 12. The Balaban J connectivity index is 1.84. The molecule has 3 aromatic rings. The maximum absolute atomic E-state index is 12.4. The molecule has 0 bridgehead atoms. The molecule has 0 spiro atoms. The van der Waals surface area contributed by atoms with Crippen molar-refractivity contribution in [2.75, 3.05) is 80.6 Å². The molecule has 0 radical (unpaired) electrons. The third-order valence-corrected chi connectivity index (χ3v) is 9.87. The molecule has 0 N–H and O–H groups in total. The molecule has 1 aliphatic heterocycles. The van der Waals surface area contributed by atoms with Crippen molar-refractivity contribution >= 4 is 29.2 Å². The molecular formula is C41H55N3O10. The van der Waals surface area contributed by atoms with Crippen LogP contribution in [0.3, 0.4) is 0 Å². The monoisotopic (exact) mass is 749 g/mol. The zero-order valence-corrected chi connectivity index (χ0v) is 33.5. The van der Waals surface area contributed by atoms with E-state index in [4.69, 9.17) is 33.3 Å². The summed E-state index contributed by atoms with van der Waals surface area (Å²) in [5, 5.41) is 0.591. The minimum Gasteiger partial charge on any atom is -0.496 e. The van der Waals surface area contributed by atoms with Crippen LogP contribution in [0.25, 0.3) is 0 Å². The van der Waals surface area contributed by atoms with E-state index < -0.39 is 23.7 Å². The Labute approximate surface area is 318 Å². The van der Waals surface area contributed by atoms with E-state index in [1.54, 1.807) is 42.7 Å². The fourth-order valence-corrected chi connectivity index (χ4v) is 6.92. The Hall–Kier alpha value is -5.33. The SMILES string of the molecule is CC[C@H](CCCCC(=O)ON1C(=O)CCC1=O)c1cc(OC)c(C(c2c(OC)cc(N(C)C)cc2OC)c2c(OC)cc(N(C)C)cc2OC)c(OC)c1. The minimum absolute atomic E-state index is 0.0599. The molecule has 0 aliphatic carbocycles. The van der Waals surface area contributed by atoms with Gasteiger partial charge in [-0.3, -0.25) is 9.59 Å². The molecule has 1 aliphatic rings. The van der Waals surface area contributed by atoms with Crippen LogP contribution < -0.4 is 38.2 Å². The highest BCUT2D eigenvalue weighted by Crippen LogP contribution is 2.55. The predicted molar refractivity (Wildman–Crippen MR) is 207 cm³/mol. The normalized spacial score (nSPS) is 13.1. The molecule has 54 heavy (non-hydrogen) atoms. The molecule has 3 aromatic carbocycles. The summed E-state index contributed by atoms with van der Waals surface area (Å²) in [5.41, 5.74) is 4.95. The van der Waals surface area contributed by atoms with Gasteiger partial charge in [0, 0.05) is 99.8 Å². The molecule has 1 saturated heterocycles. The average Bonchev–Trinajstić information content (AvgIpc) is 3.49. The van der Waals surface area contributed by atoms with Gasteiger partial charge in [-0.2, -0.15) is 0 Å². The molecule has 0 aromatic heterocycles. The lowest BCUT2D eigenvalue weighted by Gasteiger charge is -2.31. The van der Waals surface area contributed by atoms with Gasteiger partial charge in [0.2, 0.25) is 0 Å². The lowest BCUT2D eigenvalue weighted by molar-refractivity contribution is -0.197. The van der Waals surface area contributed by atoms with Crippen LogP contribution in [0.15, 0.2) is 36.4 Å². The van der Waals surface area contributed by atoms with Gasteiger partial charge in [0.15, 0.2) is 0 Å². The lowest BCUT2D eigenvalue weighted by atomic mass is 9.80. The second-order valence-electron chi connectivity index (χ2n) is 13.5. The average molecular weight is 750 g/mol. The quantitative estimate of drug-likeness (QED) is 0.0735. The van der Waals surface area contributed by atoms with Gasteiger partial charge < -0.3 is 43.1 Å². The number of nitrogens with zero attached hydrogens (tertiary/aromatic N) is 3. The number of hydroxylamine groups is 2. The summed E-state index contributed by atoms with van der Waals surface area (Å²) < 4.78 is 36.9. The second-order valence-corrected chi connectivity index (χ2v) is 13.5. The Morgan fingerprint density at radius 3 is 1.33 bits per heavy atom. The fraction of sp³-hybridized carbons (Fsp3) is 0.488. The number of hydrogen-bond donors (Lipinski definition) is 0. The van der Waals surface area contributed by atoms with E-state index in [-0.39, 0.29) is 25.2 Å². The Morgan fingerprint density at radius 2 is 1.00 bits per heavy atom. The number of methoxy groups -OCH3 is 6. The third kappa shape index (κ3) is 8.88. The van der Waals surface area contributed by atoms with Crippen molar-refractivity contribution in [2.24, 2.45) is 0 Å². The van der Waals surface area contributed by atoms with Gasteiger partial charge in [0.05, 0.1) is 48.6 Å². The van der Waals surface area contributed by atoms with Crippen molar-refractivity contribution in [1.82, 2.24) is 5.06 Å². The number of ether oxygens (including phenoxy) is 6. The highest BCUT2D eigenvalue weighted by atomic mass is 16.7. The molecule has 294 valence electrons. The van der Waals surface area contributed by atoms with Crippen LogP contribution in [0.5, 0.6) is 34.5 Å². The van der Waals surface area contributed by atoms with Gasteiger partial charge >= 0.3 is 5.97 Å². The van der Waals surface area contributed by atoms with Crippen molar-refractivity contribution in [3.8, 4) is 34.5 Å². The molecule has 0 saturated carbocycles. The van der Waals surface area contributed by atoms with Gasteiger partial charge in [0.1, 0.15) is 34.5 Å². The molecular weight excluding hydrogens is 694 g/mol. The molecule has 1 fully saturated rings. The highest BCUT2D eigenvalue weighted by Gasteiger charge is 2.37. The fourth-order valence-electron chi connectivity index (χ4n) is 6.92. The van der Waals surface area contributed by atoms with Crippen molar-refractivity contribution in [3.05, 3.63) is 58.7 Å². The van der Waals surface area contributed by atoms with Crippen LogP contribution in [0.4, 0.5) is 11.4 Å². The van der Waals surface area contributed by atoms with E-state index in [2.05, 4.69) is 6.92 Å². The number of unbranched alkanes of at least 4 members (excludes halogenated alkanes) is 1. The van der Waals surface area contributed by atoms with Crippen molar-refractivity contribution in [1.29, 1.82) is 0 Å². The maximum Gasteiger partial charge on any atom is 0.333 e. The topological polar surface area (TPSA) is 126 Å². The Morgan fingerprint density at radius 1 is 0.630 bits per heavy atom. The zero-order valence-electron chi connectivity index (χ0n) is 33.5. The number of carbonyl (C=O) groups excluding carboxylic acids is 3. The molecule has 0 unspecified atom stereocenters. The van der Waals surface area contributed by atoms with Crippen molar-refractivity contribution in [3.63, 3.8) is 0 Å². The smallest absolute Gasteiger partial charge is 0.333 e. The summed E-state index contributed by atoms with van der Waals surface area (Å²) in [7, 11) is 17.6. The van der Waals surface area contributed by atoms with Crippen LogP contribution in [-0.4, -0.2) is 93.7 Å². The summed E-state index contributed by atoms with van der Waals surface area (Å²) in [6.07, 6.45) is 3.04. The molecule has 2 amide bonds. The number of anilines is 2. The van der Waals surface area contributed by atoms with E-state index in [9.17, 15) is 14.4 Å². The van der Waals surface area contributed by atoms with Crippen LogP contribution in [0.2, 0.25) is 0 Å². The van der Waals surface area contributed by atoms with Gasteiger partial charge in [0.25, 0.3) is 11.8 Å². The van der Waals surface area contributed by atoms with Crippen molar-refractivity contribution < 1.29 is 47.6 Å². The van der Waals surface area contributed by atoms with E-state index in [1.165, 1.54) is 0 Å². The summed E-state index contributed by atoms with van der Waals surface area (Å²) in [6.45, 7) is 2.11. The number of carbonyl (C=O) groups is 3. The molecule has 13 nitrogen and oxygen atoms in total. The van der Waals surface area contributed by atoms with Crippen LogP contribution in [0, 0.1) is 0 Å². The Bertz CT molecular complexity index is 1650. The second kappa shape index (κ2) is 18.6. The molecule has 1 atom stereocenters. The standard InChI is InChI=1S/C41H55N3O10/c1-12-25(15-13-14-16-37(47)54-44-35(45)17-18-36(44)46)26-19-29(48-6)38(30(20-26)49-7)41(39-31(50-8)21-27(42(2)3)22-32(39)51-9)40-33(52-10)23-28(43(4)5)24-34(40)53-11/h19-25,41H,12-18H2,1-11H3/t25-/m1/s1. The Kier molecular flexibility index (Phi) is 14.3. The molecule has 13 heteroatoms. The third-order valence-electron chi connectivity index (χ3n) is 9.87. The molecule has 1 heterocycles. The maximum atomic E-state index is 12.4. The largest absolute Gasteiger partial charge is 0.496 e. The zero-order chi connectivity index (χ0) is 39.7. The van der Waals surface area contributed by atoms with Gasteiger partial charge in [-0.15, -0.1) is 5.06 Å². The molecule has 4 rings (SSSR count). The predicted octanol–water partition coefficient (Wildman–Crippen LogP) is 6.71. The highest BCUT2D eigenvalue weighted by molar-refractivity contribution is 6.01. The minimum atomic E-state index is -0.633. The van der Waals surface area contributed by atoms with E-state index in [0.717, 1.165) is 46.5 Å². The van der Waals surface area contributed by atoms with Crippen molar-refractivity contribution in [2.45, 2.75) is 63.7 Å². The van der Waals surface area contributed by atoms with Crippen LogP contribution in [0.1, 0.15) is 86.0 Å². The first kappa shape index (κ1) is 41.4. The van der Waals surface area contributed by atoms with Gasteiger partial charge in [-0.25, -0.2) is 4.79 Å². The first-order valence-corrected chi connectivity index (χ1v) is 18.1. The van der Waals surface area contributed by atoms with E-state index >= 15 is 0 Å². The first-order valence-electron chi connectivity index (χ1n) is 18.1. The van der Waals surface area contributed by atoms with Crippen LogP contribution in [-0.2, 0) is 19.2 Å². The van der Waals surface area contributed by atoms with Crippen LogP contribution >= 0.6 is 0 Å². The van der Waals surface area contributed by atoms with E-state index in [0.29, 0.717) is 52.4 Å². The first-order chi connectivity index (χ1) is 25.9. The number of imide groups is 1. The lowest BCUT2D eigenvalue weighted by Crippen LogP contribution is -2.31. The summed E-state index contributed by atoms with van der Waals surface area (Å²) >= 11 is 0. The summed E-state index contributed by atoms with van der Waals surface area (Å²) in [6, 6.07) is 11.9. The van der Waals surface area contributed by atoms with Gasteiger partial charge in [-0.05, 0) is 42.9 Å². The number of amides is 2.